The van der Waals surface area contributed by atoms with Gasteiger partial charge in [0.2, 0.25) is 0 Å². The lowest BCUT2D eigenvalue weighted by Crippen LogP contribution is -2.59. The molecule has 0 saturated heterocycles. The maximum absolute atomic E-state index is 12.4. The Hall–Kier alpha value is -1.76. The number of amides is 1. The number of carbonyl (C=O) groups excluding carboxylic acids is 1. The van der Waals surface area contributed by atoms with Gasteiger partial charge in [0.25, 0.3) is 5.91 Å². The summed E-state index contributed by atoms with van der Waals surface area (Å²) in [5.41, 5.74) is 1.77. The van der Waals surface area contributed by atoms with Crippen LogP contribution in [0.15, 0.2) is 24.3 Å². The number of rotatable bonds is 2. The Balaban J connectivity index is 2.91. The van der Waals surface area contributed by atoms with Crippen molar-refractivity contribution in [3.05, 3.63) is 24.3 Å². The number of phenols is 1. The van der Waals surface area contributed by atoms with Crippen LogP contribution in [0.25, 0.3) is 0 Å². The normalized spacial score (nSPS) is 15.1. The van der Waals surface area contributed by atoms with E-state index >= 15 is 0 Å². The minimum absolute atomic E-state index is 0.126. The van der Waals surface area contributed by atoms with Gasteiger partial charge in [-0.3, -0.25) is 4.79 Å². The van der Waals surface area contributed by atoms with Gasteiger partial charge in [-0.15, -0.1) is 0 Å². The first kappa shape index (κ1) is 13.3. The zero-order valence-electron chi connectivity index (χ0n) is 8.88. The monoisotopic (exact) mass is 248 g/mol. The average molecular weight is 248 g/mol. The summed E-state index contributed by atoms with van der Waals surface area (Å²) in [5.74, 6) is -1.77. The fourth-order valence-electron chi connectivity index (χ4n) is 0.960. The van der Waals surface area contributed by atoms with Crippen molar-refractivity contribution in [3.8, 4) is 5.75 Å². The number of para-hydroxylation sites is 2. The van der Waals surface area contributed by atoms with E-state index in [9.17, 15) is 23.1 Å². The molecule has 1 unspecified atom stereocenters. The highest BCUT2D eigenvalue weighted by atomic mass is 19.4. The number of phenolic OH excluding ortho intramolecular Hbond substituents is 1. The third-order valence-electron chi connectivity index (χ3n) is 2.21. The molecule has 94 valence electrons. The molecule has 1 aromatic rings. The molecule has 17 heavy (non-hydrogen) atoms. The fraction of sp³-hybridized carbons (Fsp3) is 0.300. The summed E-state index contributed by atoms with van der Waals surface area (Å²) in [5, 5.41) is 11.2. The molecule has 0 radical (unpaired) electrons. The highest BCUT2D eigenvalue weighted by Crippen LogP contribution is 2.30. The molecule has 4 nitrogen and oxygen atoms in total. The number of aromatic hydroxyl groups is 1. The standard InChI is InChI=1S/C10H11F3N2O2/c1-9(14,10(11,12)13)8(17)15-6-4-2-3-5-7(6)16/h2-5,16H,14H2,1H3,(H,15,17). The lowest BCUT2D eigenvalue weighted by atomic mass is 10.0. The van der Waals surface area contributed by atoms with E-state index in [1.54, 1.807) is 0 Å². The highest BCUT2D eigenvalue weighted by Gasteiger charge is 2.54. The van der Waals surface area contributed by atoms with E-state index in [-0.39, 0.29) is 11.4 Å². The molecule has 0 heterocycles. The van der Waals surface area contributed by atoms with E-state index in [1.165, 1.54) is 24.3 Å². The fourth-order valence-corrected chi connectivity index (χ4v) is 0.960. The predicted molar refractivity (Wildman–Crippen MR) is 55.4 cm³/mol. The molecule has 0 aliphatic carbocycles. The van der Waals surface area contributed by atoms with Gasteiger partial charge in [0.15, 0.2) is 5.54 Å². The smallest absolute Gasteiger partial charge is 0.415 e. The maximum Gasteiger partial charge on any atom is 0.415 e. The molecule has 1 aromatic carbocycles. The number of anilines is 1. The third-order valence-corrected chi connectivity index (χ3v) is 2.21. The summed E-state index contributed by atoms with van der Waals surface area (Å²) in [4.78, 5) is 11.4. The molecule has 7 heteroatoms. The molecule has 0 spiro atoms. The zero-order valence-corrected chi connectivity index (χ0v) is 8.88. The van der Waals surface area contributed by atoms with Crippen LogP contribution in [0.2, 0.25) is 0 Å². The van der Waals surface area contributed by atoms with Gasteiger partial charge in [0.05, 0.1) is 5.69 Å². The molecular weight excluding hydrogens is 237 g/mol. The van der Waals surface area contributed by atoms with E-state index < -0.39 is 17.6 Å². The molecule has 0 aliphatic heterocycles. The summed E-state index contributed by atoms with van der Waals surface area (Å²) in [7, 11) is 0. The van der Waals surface area contributed by atoms with Crippen LogP contribution in [0.4, 0.5) is 18.9 Å². The molecular formula is C10H11F3N2O2. The highest BCUT2D eigenvalue weighted by molar-refractivity contribution is 5.99. The maximum atomic E-state index is 12.4. The Morgan fingerprint density at radius 2 is 1.88 bits per heavy atom. The summed E-state index contributed by atoms with van der Waals surface area (Å²) in [6.45, 7) is 0.558. The molecule has 0 saturated carbocycles. The van der Waals surface area contributed by atoms with E-state index in [2.05, 4.69) is 0 Å². The summed E-state index contributed by atoms with van der Waals surface area (Å²) in [6.07, 6.45) is -4.87. The minimum atomic E-state index is -4.87. The van der Waals surface area contributed by atoms with Crippen molar-refractivity contribution in [1.29, 1.82) is 0 Å². The molecule has 1 rings (SSSR count). The van der Waals surface area contributed by atoms with Crippen LogP contribution in [0.5, 0.6) is 5.75 Å². The van der Waals surface area contributed by atoms with Crippen molar-refractivity contribution in [2.75, 3.05) is 5.32 Å². The second-order valence-electron chi connectivity index (χ2n) is 3.67. The van der Waals surface area contributed by atoms with E-state index in [4.69, 9.17) is 5.73 Å². The first-order valence-corrected chi connectivity index (χ1v) is 4.61. The lowest BCUT2D eigenvalue weighted by molar-refractivity contribution is -0.184. The van der Waals surface area contributed by atoms with Crippen molar-refractivity contribution in [2.45, 2.75) is 18.6 Å². The van der Waals surface area contributed by atoms with Gasteiger partial charge in [0.1, 0.15) is 5.75 Å². The number of alkyl halides is 3. The van der Waals surface area contributed by atoms with Gasteiger partial charge in [-0.1, -0.05) is 12.1 Å². The number of carbonyl (C=O) groups is 1. The molecule has 1 atom stereocenters. The van der Waals surface area contributed by atoms with E-state index in [1.807, 2.05) is 5.32 Å². The van der Waals surface area contributed by atoms with Crippen LogP contribution in [-0.4, -0.2) is 22.7 Å². The number of benzene rings is 1. The molecule has 0 aromatic heterocycles. The topological polar surface area (TPSA) is 75.4 Å². The Morgan fingerprint density at radius 1 is 1.35 bits per heavy atom. The average Bonchev–Trinajstić information content (AvgIpc) is 2.19. The minimum Gasteiger partial charge on any atom is -0.506 e. The summed E-state index contributed by atoms with van der Waals surface area (Å²) >= 11 is 0. The molecule has 4 N–H and O–H groups in total. The van der Waals surface area contributed by atoms with E-state index in [0.29, 0.717) is 6.92 Å². The Kier molecular flexibility index (Phi) is 3.33. The molecule has 0 fully saturated rings. The number of nitrogens with two attached hydrogens (primary N) is 1. The van der Waals surface area contributed by atoms with Gasteiger partial charge in [-0.25, -0.2) is 0 Å². The number of nitrogens with one attached hydrogen (secondary N) is 1. The van der Waals surface area contributed by atoms with Crippen LogP contribution in [0.1, 0.15) is 6.92 Å². The van der Waals surface area contributed by atoms with Crippen molar-refractivity contribution in [1.82, 2.24) is 0 Å². The van der Waals surface area contributed by atoms with Crippen LogP contribution < -0.4 is 11.1 Å². The van der Waals surface area contributed by atoms with Gasteiger partial charge in [-0.2, -0.15) is 13.2 Å². The Bertz CT molecular complexity index is 430. The Labute approximate surface area is 95.2 Å². The first-order chi connectivity index (χ1) is 7.66. The van der Waals surface area contributed by atoms with Crippen LogP contribution in [0.3, 0.4) is 0 Å². The lowest BCUT2D eigenvalue weighted by Gasteiger charge is -2.26. The Morgan fingerprint density at radius 3 is 2.35 bits per heavy atom. The van der Waals surface area contributed by atoms with Crippen LogP contribution >= 0.6 is 0 Å². The molecule has 0 bridgehead atoms. The summed E-state index contributed by atoms with van der Waals surface area (Å²) in [6, 6.07) is 5.42. The quantitative estimate of drug-likeness (QED) is 0.696. The van der Waals surface area contributed by atoms with Gasteiger partial charge < -0.3 is 16.2 Å². The van der Waals surface area contributed by atoms with Crippen molar-refractivity contribution < 1.29 is 23.1 Å². The second-order valence-corrected chi connectivity index (χ2v) is 3.67. The van der Waals surface area contributed by atoms with Crippen LogP contribution in [-0.2, 0) is 4.79 Å². The number of halogens is 3. The van der Waals surface area contributed by atoms with E-state index in [0.717, 1.165) is 0 Å². The summed E-state index contributed by atoms with van der Waals surface area (Å²) < 4.78 is 37.3. The van der Waals surface area contributed by atoms with Crippen LogP contribution in [0, 0.1) is 0 Å². The van der Waals surface area contributed by atoms with Gasteiger partial charge in [-0.05, 0) is 19.1 Å². The second kappa shape index (κ2) is 4.25. The molecule has 0 aliphatic rings. The number of hydrogen-bond acceptors (Lipinski definition) is 3. The van der Waals surface area contributed by atoms with Gasteiger partial charge in [0, 0.05) is 0 Å². The molecule has 1 amide bonds. The predicted octanol–water partition coefficient (Wildman–Crippen LogP) is 1.61. The SMILES string of the molecule is CC(N)(C(=O)Nc1ccccc1O)C(F)(F)F. The zero-order chi connectivity index (χ0) is 13.3. The van der Waals surface area contributed by atoms with Crippen molar-refractivity contribution in [2.24, 2.45) is 5.73 Å². The van der Waals surface area contributed by atoms with Crippen molar-refractivity contribution >= 4 is 11.6 Å². The third kappa shape index (κ3) is 2.68. The number of hydrogen-bond donors (Lipinski definition) is 3. The first-order valence-electron chi connectivity index (χ1n) is 4.61. The van der Waals surface area contributed by atoms with Crippen molar-refractivity contribution in [3.63, 3.8) is 0 Å². The largest absolute Gasteiger partial charge is 0.506 e. The van der Waals surface area contributed by atoms with Gasteiger partial charge >= 0.3 is 6.18 Å².